The second-order valence-corrected chi connectivity index (χ2v) is 7.69. The lowest BCUT2D eigenvalue weighted by Gasteiger charge is -2.31. The second kappa shape index (κ2) is 7.10. The number of rotatable bonds is 4. The second-order valence-electron chi connectivity index (χ2n) is 5.81. The van der Waals surface area contributed by atoms with Gasteiger partial charge in [0.25, 0.3) is 5.91 Å². The largest absolute Gasteiger partial charge is 0.391 e. The normalized spacial score (nSPS) is 22.2. The lowest BCUT2D eigenvalue weighted by atomic mass is 9.85. The van der Waals surface area contributed by atoms with E-state index in [1.54, 1.807) is 0 Å². The number of alkyl halides is 3. The number of hydrogen-bond acceptors (Lipinski definition) is 3. The van der Waals surface area contributed by atoms with E-state index < -0.39 is 34.1 Å². The minimum absolute atomic E-state index is 0.0105. The molecular weight excluding hydrogens is 345 g/mol. The number of amides is 1. The van der Waals surface area contributed by atoms with Crippen LogP contribution in [0.3, 0.4) is 0 Å². The molecule has 0 bridgehead atoms. The first-order valence-electron chi connectivity index (χ1n) is 7.54. The predicted molar refractivity (Wildman–Crippen MR) is 82.0 cm³/mol. The Morgan fingerprint density at radius 3 is 2.33 bits per heavy atom. The topological polar surface area (TPSA) is 75.3 Å². The van der Waals surface area contributed by atoms with E-state index in [1.807, 2.05) is 0 Å². The molecule has 0 radical (unpaired) electrons. The molecule has 5 nitrogen and oxygen atoms in total. The first-order valence-corrected chi connectivity index (χ1v) is 9.03. The van der Waals surface area contributed by atoms with Gasteiger partial charge in [-0.2, -0.15) is 13.2 Å². The predicted octanol–water partition coefficient (Wildman–Crippen LogP) is 2.45. The van der Waals surface area contributed by atoms with Gasteiger partial charge in [0, 0.05) is 11.6 Å². The number of halogens is 3. The summed E-state index contributed by atoms with van der Waals surface area (Å²) >= 11 is 0. The van der Waals surface area contributed by atoms with Crippen LogP contribution in [0.4, 0.5) is 13.2 Å². The zero-order chi connectivity index (χ0) is 18.0. The van der Waals surface area contributed by atoms with Crippen LogP contribution in [0.1, 0.15) is 36.0 Å². The summed E-state index contributed by atoms with van der Waals surface area (Å²) in [6.07, 6.45) is -3.36. The number of carbonyl (C=O) groups excluding carboxylic acids is 1. The third-order valence-corrected chi connectivity index (χ3v) is 5.60. The molecular formula is C15H19F3N2O3S. The van der Waals surface area contributed by atoms with Crippen molar-refractivity contribution in [1.82, 2.24) is 10.0 Å². The smallest absolute Gasteiger partial charge is 0.349 e. The molecule has 1 aliphatic carbocycles. The molecule has 134 valence electrons. The number of nitrogens with one attached hydrogen (secondary N) is 2. The molecule has 2 rings (SSSR count). The SMILES string of the molecule is CNS(=O)(=O)c1ccc(C(=O)N[C@@H]2CCC[C@@H](C(F)(F)F)C2)cc1. The monoisotopic (exact) mass is 364 g/mol. The first kappa shape index (κ1) is 18.7. The van der Waals surface area contributed by atoms with E-state index >= 15 is 0 Å². The summed E-state index contributed by atoms with van der Waals surface area (Å²) < 4.78 is 63.7. The van der Waals surface area contributed by atoms with Crippen LogP contribution in [0.2, 0.25) is 0 Å². The van der Waals surface area contributed by atoms with Crippen molar-refractivity contribution in [2.24, 2.45) is 5.92 Å². The number of hydrogen-bond donors (Lipinski definition) is 2. The summed E-state index contributed by atoms with van der Waals surface area (Å²) in [7, 11) is -2.32. The van der Waals surface area contributed by atoms with E-state index in [0.29, 0.717) is 12.8 Å². The van der Waals surface area contributed by atoms with E-state index in [1.165, 1.54) is 31.3 Å². The van der Waals surface area contributed by atoms with Gasteiger partial charge in [-0.1, -0.05) is 6.42 Å². The first-order chi connectivity index (χ1) is 11.1. The van der Waals surface area contributed by atoms with E-state index in [9.17, 15) is 26.4 Å². The van der Waals surface area contributed by atoms with Crippen LogP contribution >= 0.6 is 0 Å². The summed E-state index contributed by atoms with van der Waals surface area (Å²) in [5, 5.41) is 2.61. The van der Waals surface area contributed by atoms with Crippen molar-refractivity contribution in [3.05, 3.63) is 29.8 Å². The van der Waals surface area contributed by atoms with E-state index in [0.717, 1.165) is 0 Å². The van der Waals surface area contributed by atoms with E-state index in [2.05, 4.69) is 10.0 Å². The molecule has 1 amide bonds. The van der Waals surface area contributed by atoms with Crippen molar-refractivity contribution in [2.45, 2.75) is 42.8 Å². The summed E-state index contributed by atoms with van der Waals surface area (Å²) in [4.78, 5) is 12.2. The fraction of sp³-hybridized carbons (Fsp3) is 0.533. The van der Waals surface area contributed by atoms with Crippen molar-refractivity contribution in [1.29, 1.82) is 0 Å². The highest BCUT2D eigenvalue weighted by atomic mass is 32.2. The Labute approximate surface area is 138 Å². The van der Waals surface area contributed by atoms with Gasteiger partial charge in [0.1, 0.15) is 0 Å². The van der Waals surface area contributed by atoms with Crippen LogP contribution in [-0.4, -0.2) is 33.6 Å². The number of sulfonamides is 1. The Hall–Kier alpha value is -1.61. The minimum atomic E-state index is -4.24. The van der Waals surface area contributed by atoms with Crippen LogP contribution in [0.25, 0.3) is 0 Å². The van der Waals surface area contributed by atoms with Crippen molar-refractivity contribution in [3.63, 3.8) is 0 Å². The maximum atomic E-state index is 12.8. The highest BCUT2D eigenvalue weighted by Gasteiger charge is 2.42. The molecule has 1 aromatic carbocycles. The molecule has 1 aliphatic rings. The minimum Gasteiger partial charge on any atom is -0.349 e. The molecule has 1 aromatic rings. The Balaban J connectivity index is 2.02. The fourth-order valence-electron chi connectivity index (χ4n) is 2.79. The molecule has 1 fully saturated rings. The van der Waals surface area contributed by atoms with Crippen molar-refractivity contribution in [2.75, 3.05) is 7.05 Å². The molecule has 0 aliphatic heterocycles. The third-order valence-electron chi connectivity index (χ3n) is 4.17. The van der Waals surface area contributed by atoms with Gasteiger partial charge < -0.3 is 5.32 Å². The zero-order valence-electron chi connectivity index (χ0n) is 13.1. The molecule has 1 saturated carbocycles. The molecule has 0 saturated heterocycles. The van der Waals surface area contributed by atoms with Crippen LogP contribution in [0, 0.1) is 5.92 Å². The Kier molecular flexibility index (Phi) is 5.54. The standard InChI is InChI=1S/C15H19F3N2O3S/c1-19-24(22,23)13-7-5-10(6-8-13)14(21)20-12-4-2-3-11(9-12)15(16,17)18/h5-8,11-12,19H,2-4,9H2,1H3,(H,20,21)/t11-,12-/m1/s1. The van der Waals surface area contributed by atoms with Crippen LogP contribution in [0.15, 0.2) is 29.2 Å². The highest BCUT2D eigenvalue weighted by molar-refractivity contribution is 7.89. The van der Waals surface area contributed by atoms with Gasteiger partial charge in [-0.25, -0.2) is 13.1 Å². The summed E-state index contributed by atoms with van der Waals surface area (Å²) in [5.41, 5.74) is 0.208. The van der Waals surface area contributed by atoms with Crippen molar-refractivity contribution >= 4 is 15.9 Å². The van der Waals surface area contributed by atoms with Crippen LogP contribution in [-0.2, 0) is 10.0 Å². The maximum absolute atomic E-state index is 12.8. The van der Waals surface area contributed by atoms with Gasteiger partial charge in [-0.05, 0) is 50.6 Å². The molecule has 0 aromatic heterocycles. The van der Waals surface area contributed by atoms with Crippen molar-refractivity contribution < 1.29 is 26.4 Å². The van der Waals surface area contributed by atoms with Crippen molar-refractivity contribution in [3.8, 4) is 0 Å². The molecule has 2 N–H and O–H groups in total. The lowest BCUT2D eigenvalue weighted by Crippen LogP contribution is -2.41. The van der Waals surface area contributed by atoms with Gasteiger partial charge >= 0.3 is 6.18 Å². The fourth-order valence-corrected chi connectivity index (χ4v) is 3.52. The molecule has 9 heteroatoms. The van der Waals surface area contributed by atoms with Gasteiger partial charge in [-0.15, -0.1) is 0 Å². The van der Waals surface area contributed by atoms with Gasteiger partial charge in [0.05, 0.1) is 10.8 Å². The molecule has 2 atom stereocenters. The Bertz CT molecular complexity index is 687. The lowest BCUT2D eigenvalue weighted by molar-refractivity contribution is -0.183. The third kappa shape index (κ3) is 4.47. The summed E-state index contributed by atoms with van der Waals surface area (Å²) in [6, 6.07) is 4.70. The molecule has 0 spiro atoms. The van der Waals surface area contributed by atoms with Gasteiger partial charge in [-0.3, -0.25) is 4.79 Å². The Morgan fingerprint density at radius 2 is 1.79 bits per heavy atom. The van der Waals surface area contributed by atoms with E-state index in [4.69, 9.17) is 0 Å². The number of benzene rings is 1. The maximum Gasteiger partial charge on any atom is 0.391 e. The average Bonchev–Trinajstić information content (AvgIpc) is 2.54. The Morgan fingerprint density at radius 1 is 1.17 bits per heavy atom. The molecule has 0 unspecified atom stereocenters. The van der Waals surface area contributed by atoms with Gasteiger partial charge in [0.15, 0.2) is 0 Å². The van der Waals surface area contributed by atoms with Gasteiger partial charge in [0.2, 0.25) is 10.0 Å². The average molecular weight is 364 g/mol. The summed E-state index contributed by atoms with van der Waals surface area (Å²) in [6.45, 7) is 0. The molecule has 24 heavy (non-hydrogen) atoms. The van der Waals surface area contributed by atoms with Crippen LogP contribution in [0.5, 0.6) is 0 Å². The van der Waals surface area contributed by atoms with Crippen LogP contribution < -0.4 is 10.0 Å². The highest BCUT2D eigenvalue weighted by Crippen LogP contribution is 2.37. The number of carbonyl (C=O) groups is 1. The quantitative estimate of drug-likeness (QED) is 0.862. The molecule has 0 heterocycles. The summed E-state index contributed by atoms with van der Waals surface area (Å²) in [5.74, 6) is -1.89. The zero-order valence-corrected chi connectivity index (χ0v) is 13.9. The van der Waals surface area contributed by atoms with E-state index in [-0.39, 0.29) is 23.3 Å².